The van der Waals surface area contributed by atoms with Gasteiger partial charge < -0.3 is 10.4 Å². The van der Waals surface area contributed by atoms with E-state index >= 15 is 0 Å². The average Bonchev–Trinajstić information content (AvgIpc) is 2.81. The highest BCUT2D eigenvalue weighted by atomic mass is 32.2. The van der Waals surface area contributed by atoms with Gasteiger partial charge in [-0.2, -0.15) is 11.8 Å². The molecule has 0 aromatic carbocycles. The molecule has 0 aromatic heterocycles. The topological polar surface area (TPSA) is 66.4 Å². The van der Waals surface area contributed by atoms with Crippen LogP contribution in [0, 0.1) is 17.3 Å². The summed E-state index contributed by atoms with van der Waals surface area (Å²) in [6.07, 6.45) is 2.87. The van der Waals surface area contributed by atoms with Gasteiger partial charge in [0.1, 0.15) is 0 Å². The third kappa shape index (κ3) is 2.94. The van der Waals surface area contributed by atoms with Gasteiger partial charge in [-0.05, 0) is 18.1 Å². The highest BCUT2D eigenvalue weighted by Crippen LogP contribution is 2.58. The van der Waals surface area contributed by atoms with Crippen LogP contribution in [0.5, 0.6) is 0 Å². The van der Waals surface area contributed by atoms with E-state index in [-0.39, 0.29) is 17.9 Å². The van der Waals surface area contributed by atoms with Crippen molar-refractivity contribution >= 4 is 23.6 Å². The number of hydrogen-bond acceptors (Lipinski definition) is 3. The highest BCUT2D eigenvalue weighted by molar-refractivity contribution is 7.98. The minimum Gasteiger partial charge on any atom is -0.481 e. The number of hydrogen-bond donors (Lipinski definition) is 2. The summed E-state index contributed by atoms with van der Waals surface area (Å²) in [7, 11) is 0. The van der Waals surface area contributed by atoms with E-state index in [0.29, 0.717) is 0 Å². The Morgan fingerprint density at radius 3 is 2.35 bits per heavy atom. The summed E-state index contributed by atoms with van der Waals surface area (Å²) in [5.74, 6) is -1.02. The van der Waals surface area contributed by atoms with Gasteiger partial charge in [-0.3, -0.25) is 9.59 Å². The van der Waals surface area contributed by atoms with E-state index in [2.05, 4.69) is 5.32 Å². The molecule has 5 heteroatoms. The van der Waals surface area contributed by atoms with Gasteiger partial charge >= 0.3 is 5.97 Å². The molecular formula is C12H21NO3S. The van der Waals surface area contributed by atoms with Gasteiger partial charge in [0.2, 0.25) is 5.91 Å². The minimum absolute atomic E-state index is 0.108. The molecule has 2 N–H and O–H groups in total. The Kier molecular flexibility index (Phi) is 4.47. The van der Waals surface area contributed by atoms with Crippen molar-refractivity contribution < 1.29 is 14.7 Å². The van der Waals surface area contributed by atoms with Crippen molar-refractivity contribution in [3.8, 4) is 0 Å². The number of carboxylic acid groups (broad SMARTS) is 1. The van der Waals surface area contributed by atoms with Crippen LogP contribution in [0.3, 0.4) is 0 Å². The first kappa shape index (κ1) is 14.4. The smallest absolute Gasteiger partial charge is 0.307 e. The molecule has 17 heavy (non-hydrogen) atoms. The molecule has 0 heterocycles. The second-order valence-corrected chi connectivity index (χ2v) is 6.09. The van der Waals surface area contributed by atoms with Gasteiger partial charge in [-0.1, -0.05) is 20.8 Å². The first-order valence-electron chi connectivity index (χ1n) is 5.88. The molecule has 1 fully saturated rings. The molecule has 4 nitrogen and oxygen atoms in total. The lowest BCUT2D eigenvalue weighted by Gasteiger charge is -2.16. The Labute approximate surface area is 107 Å². The molecule has 1 aliphatic carbocycles. The number of carbonyl (C=O) groups is 2. The maximum atomic E-state index is 12.0. The van der Waals surface area contributed by atoms with E-state index in [4.69, 9.17) is 5.11 Å². The largest absolute Gasteiger partial charge is 0.481 e. The third-order valence-corrected chi connectivity index (χ3v) is 4.32. The number of aliphatic carboxylic acids is 1. The number of carboxylic acids is 1. The van der Waals surface area contributed by atoms with Gasteiger partial charge in [0.25, 0.3) is 0 Å². The number of amides is 1. The van der Waals surface area contributed by atoms with Crippen molar-refractivity contribution in [1.29, 1.82) is 0 Å². The number of thioether (sulfide) groups is 1. The fraction of sp³-hybridized carbons (Fsp3) is 0.833. The molecule has 0 bridgehead atoms. The molecule has 0 radical (unpaired) electrons. The van der Waals surface area contributed by atoms with Crippen LogP contribution in [0.25, 0.3) is 0 Å². The Morgan fingerprint density at radius 1 is 1.41 bits per heavy atom. The lowest BCUT2D eigenvalue weighted by atomic mass is 10.1. The first-order valence-corrected chi connectivity index (χ1v) is 7.27. The SMILES string of the molecule is CCC(CSC)NC(=O)[C@H]1[C@@H](C(=O)O)C1(C)C. The highest BCUT2D eigenvalue weighted by Gasteiger charge is 2.65. The van der Waals surface area contributed by atoms with E-state index in [1.165, 1.54) is 0 Å². The number of rotatable bonds is 6. The summed E-state index contributed by atoms with van der Waals surface area (Å²) in [6.45, 7) is 5.70. The van der Waals surface area contributed by atoms with Crippen molar-refractivity contribution in [3.63, 3.8) is 0 Å². The van der Waals surface area contributed by atoms with Crippen LogP contribution in [-0.2, 0) is 9.59 Å². The molecular weight excluding hydrogens is 238 g/mol. The maximum absolute atomic E-state index is 12.0. The molecule has 0 spiro atoms. The molecule has 1 saturated carbocycles. The first-order chi connectivity index (χ1) is 7.86. The summed E-state index contributed by atoms with van der Waals surface area (Å²) < 4.78 is 0. The quantitative estimate of drug-likeness (QED) is 0.760. The van der Waals surface area contributed by atoms with Gasteiger partial charge in [0.05, 0.1) is 11.8 Å². The van der Waals surface area contributed by atoms with Crippen molar-refractivity contribution in [1.82, 2.24) is 5.32 Å². The van der Waals surface area contributed by atoms with E-state index in [1.807, 2.05) is 27.0 Å². The third-order valence-electron chi connectivity index (χ3n) is 3.58. The van der Waals surface area contributed by atoms with Crippen LogP contribution in [0.15, 0.2) is 0 Å². The van der Waals surface area contributed by atoms with Crippen LogP contribution in [0.2, 0.25) is 0 Å². The van der Waals surface area contributed by atoms with E-state index in [9.17, 15) is 9.59 Å². The summed E-state index contributed by atoms with van der Waals surface area (Å²) in [4.78, 5) is 23.0. The molecule has 1 amide bonds. The fourth-order valence-electron chi connectivity index (χ4n) is 2.34. The summed E-state index contributed by atoms with van der Waals surface area (Å²) in [5.41, 5.74) is -0.409. The molecule has 0 saturated heterocycles. The monoisotopic (exact) mass is 259 g/mol. The van der Waals surface area contributed by atoms with E-state index < -0.39 is 17.3 Å². The zero-order chi connectivity index (χ0) is 13.2. The van der Waals surface area contributed by atoms with Crippen LogP contribution in [0.1, 0.15) is 27.2 Å². The van der Waals surface area contributed by atoms with Crippen LogP contribution < -0.4 is 5.32 Å². The second-order valence-electron chi connectivity index (χ2n) is 5.18. The molecule has 3 atom stereocenters. The standard InChI is InChI=1S/C12H21NO3S/c1-5-7(6-17-4)13-10(14)8-9(11(15)16)12(8,2)3/h7-9H,5-6H2,1-4H3,(H,13,14)(H,15,16)/t7?,8-,9+/m1/s1. The van der Waals surface area contributed by atoms with Gasteiger partial charge in [-0.25, -0.2) is 0 Å². The molecule has 1 rings (SSSR count). The fourth-order valence-corrected chi connectivity index (χ4v) is 3.06. The lowest BCUT2D eigenvalue weighted by molar-refractivity contribution is -0.140. The number of nitrogens with one attached hydrogen (secondary N) is 1. The van der Waals surface area contributed by atoms with Crippen molar-refractivity contribution in [2.45, 2.75) is 33.2 Å². The maximum Gasteiger partial charge on any atom is 0.307 e. The zero-order valence-electron chi connectivity index (χ0n) is 10.8. The zero-order valence-corrected chi connectivity index (χ0v) is 11.6. The second kappa shape index (κ2) is 5.29. The predicted molar refractivity (Wildman–Crippen MR) is 69.0 cm³/mol. The average molecular weight is 259 g/mol. The van der Waals surface area contributed by atoms with E-state index in [0.717, 1.165) is 12.2 Å². The Bertz CT molecular complexity index is 317. The molecule has 0 aromatic rings. The lowest BCUT2D eigenvalue weighted by Crippen LogP contribution is -2.38. The minimum atomic E-state index is -0.868. The van der Waals surface area contributed by atoms with Crippen molar-refractivity contribution in [2.75, 3.05) is 12.0 Å². The van der Waals surface area contributed by atoms with Crippen LogP contribution >= 0.6 is 11.8 Å². The van der Waals surface area contributed by atoms with Crippen molar-refractivity contribution in [2.24, 2.45) is 17.3 Å². The molecule has 1 unspecified atom stereocenters. The Morgan fingerprint density at radius 2 is 2.00 bits per heavy atom. The molecule has 98 valence electrons. The van der Waals surface area contributed by atoms with Crippen LogP contribution in [-0.4, -0.2) is 35.0 Å². The summed E-state index contributed by atoms with van der Waals surface area (Å²) in [6, 6.07) is 0.142. The summed E-state index contributed by atoms with van der Waals surface area (Å²) in [5, 5.41) is 12.0. The van der Waals surface area contributed by atoms with E-state index in [1.54, 1.807) is 11.8 Å². The summed E-state index contributed by atoms with van der Waals surface area (Å²) >= 11 is 1.68. The van der Waals surface area contributed by atoms with Gasteiger partial charge in [0, 0.05) is 11.8 Å². The van der Waals surface area contributed by atoms with Gasteiger partial charge in [0.15, 0.2) is 0 Å². The van der Waals surface area contributed by atoms with Gasteiger partial charge in [-0.15, -0.1) is 0 Å². The number of carbonyl (C=O) groups excluding carboxylic acids is 1. The normalized spacial score (nSPS) is 27.3. The Hall–Kier alpha value is -0.710. The predicted octanol–water partition coefficient (Wildman–Crippen LogP) is 1.60. The van der Waals surface area contributed by atoms with Crippen molar-refractivity contribution in [3.05, 3.63) is 0 Å². The molecule has 0 aliphatic heterocycles. The van der Waals surface area contributed by atoms with Crippen LogP contribution in [0.4, 0.5) is 0 Å². The Balaban J connectivity index is 2.58. The molecule has 1 aliphatic rings.